The average molecular weight is 442 g/mol. The Morgan fingerprint density at radius 1 is 1.12 bits per heavy atom. The first-order valence-electron chi connectivity index (χ1n) is 11.4. The second-order valence-corrected chi connectivity index (χ2v) is 10.3. The second kappa shape index (κ2) is 8.49. The highest BCUT2D eigenvalue weighted by molar-refractivity contribution is 5.94. The molecule has 33 heavy (non-hydrogen) atoms. The number of carbonyl (C=O) groups is 1. The lowest BCUT2D eigenvalue weighted by atomic mass is 9.87. The summed E-state index contributed by atoms with van der Waals surface area (Å²) in [5.74, 6) is -0.105. The number of hydrogen-bond acceptors (Lipinski definition) is 4. The van der Waals surface area contributed by atoms with Gasteiger partial charge in [-0.3, -0.25) is 4.79 Å². The molecule has 1 aromatic heterocycles. The van der Waals surface area contributed by atoms with Gasteiger partial charge in [-0.1, -0.05) is 45.0 Å². The van der Waals surface area contributed by atoms with Crippen LogP contribution in [0.1, 0.15) is 62.2 Å². The smallest absolute Gasteiger partial charge is 0.274 e. The summed E-state index contributed by atoms with van der Waals surface area (Å²) in [5, 5.41) is 13.9. The van der Waals surface area contributed by atoms with E-state index in [1.807, 2.05) is 41.9 Å². The zero-order valence-corrected chi connectivity index (χ0v) is 19.8. The van der Waals surface area contributed by atoms with E-state index in [1.165, 1.54) is 5.56 Å². The lowest BCUT2D eigenvalue weighted by molar-refractivity contribution is 0.0650. The lowest BCUT2D eigenvalue weighted by Crippen LogP contribution is -2.53. The van der Waals surface area contributed by atoms with Gasteiger partial charge in [-0.05, 0) is 61.1 Å². The maximum atomic E-state index is 13.4. The van der Waals surface area contributed by atoms with Crippen LogP contribution in [0.4, 0.5) is 0 Å². The summed E-state index contributed by atoms with van der Waals surface area (Å²) in [4.78, 5) is 15.2. The zero-order chi connectivity index (χ0) is 23.8. The molecule has 170 valence electrons. The maximum Gasteiger partial charge on any atom is 0.274 e. The second-order valence-electron chi connectivity index (χ2n) is 10.3. The van der Waals surface area contributed by atoms with E-state index in [1.54, 1.807) is 17.0 Å². The van der Waals surface area contributed by atoms with Gasteiger partial charge in [0.05, 0.1) is 23.0 Å². The third kappa shape index (κ3) is 4.84. The summed E-state index contributed by atoms with van der Waals surface area (Å²) in [6.07, 6.45) is 1.79. The Morgan fingerprint density at radius 3 is 2.36 bits per heavy atom. The molecule has 1 saturated heterocycles. The van der Waals surface area contributed by atoms with E-state index in [-0.39, 0.29) is 16.9 Å². The van der Waals surface area contributed by atoms with Gasteiger partial charge in [0.1, 0.15) is 0 Å². The zero-order valence-electron chi connectivity index (χ0n) is 19.8. The van der Waals surface area contributed by atoms with Crippen LogP contribution in [0.25, 0.3) is 16.9 Å². The molecule has 2 N–H and O–H groups in total. The number of nitrogens with zero attached hydrogens (tertiary/aromatic N) is 4. The fourth-order valence-electron chi connectivity index (χ4n) is 4.31. The number of carbonyl (C=O) groups excluding carboxylic acids is 1. The first-order valence-corrected chi connectivity index (χ1v) is 11.4. The SMILES string of the molecule is CC(C)(C)c1ccc(-n2nc(C(=O)N3CCC[C@](C)(N)C3)cc2-c2ccc(C#N)cc2)cc1. The molecule has 3 aromatic rings. The number of amides is 1. The fraction of sp³-hybridized carbons (Fsp3) is 0.370. The first-order chi connectivity index (χ1) is 15.6. The number of benzene rings is 2. The molecular formula is C27H31N5O. The van der Waals surface area contributed by atoms with Crippen molar-refractivity contribution in [2.24, 2.45) is 5.73 Å². The normalized spacial score (nSPS) is 18.7. The van der Waals surface area contributed by atoms with E-state index in [9.17, 15) is 4.79 Å². The molecule has 1 aliphatic rings. The minimum atomic E-state index is -0.380. The molecule has 0 saturated carbocycles. The van der Waals surface area contributed by atoms with Crippen LogP contribution in [-0.2, 0) is 5.41 Å². The van der Waals surface area contributed by atoms with Crippen molar-refractivity contribution in [3.8, 4) is 23.0 Å². The number of piperidine rings is 1. The Bertz CT molecular complexity index is 1190. The Kier molecular flexibility index (Phi) is 5.85. The Hall–Kier alpha value is -3.43. The summed E-state index contributed by atoms with van der Waals surface area (Å²) >= 11 is 0. The van der Waals surface area contributed by atoms with Crippen molar-refractivity contribution >= 4 is 5.91 Å². The Morgan fingerprint density at radius 2 is 1.79 bits per heavy atom. The van der Waals surface area contributed by atoms with Gasteiger partial charge in [-0.2, -0.15) is 10.4 Å². The Labute approximate surface area is 195 Å². The van der Waals surface area contributed by atoms with Gasteiger partial charge in [0.15, 0.2) is 5.69 Å². The number of nitriles is 1. The van der Waals surface area contributed by atoms with Gasteiger partial charge in [-0.25, -0.2) is 4.68 Å². The molecule has 1 atom stereocenters. The molecule has 6 heteroatoms. The lowest BCUT2D eigenvalue weighted by Gasteiger charge is -2.37. The van der Waals surface area contributed by atoms with Gasteiger partial charge >= 0.3 is 0 Å². The van der Waals surface area contributed by atoms with Gasteiger partial charge in [-0.15, -0.1) is 0 Å². The molecule has 1 fully saturated rings. The summed E-state index contributed by atoms with van der Waals surface area (Å²) < 4.78 is 1.81. The monoisotopic (exact) mass is 441 g/mol. The van der Waals surface area contributed by atoms with Crippen LogP contribution in [0.15, 0.2) is 54.6 Å². The summed E-state index contributed by atoms with van der Waals surface area (Å²) in [5.41, 5.74) is 10.8. The van der Waals surface area contributed by atoms with Crippen molar-refractivity contribution in [2.75, 3.05) is 13.1 Å². The van der Waals surface area contributed by atoms with Gasteiger partial charge in [0.2, 0.25) is 0 Å². The summed E-state index contributed by atoms with van der Waals surface area (Å²) in [6.45, 7) is 9.73. The maximum absolute atomic E-state index is 13.4. The molecule has 2 heterocycles. The van der Waals surface area contributed by atoms with Crippen molar-refractivity contribution in [1.82, 2.24) is 14.7 Å². The van der Waals surface area contributed by atoms with Crippen molar-refractivity contribution in [2.45, 2.75) is 51.5 Å². The average Bonchev–Trinajstić information content (AvgIpc) is 3.23. The Balaban J connectivity index is 1.76. The van der Waals surface area contributed by atoms with E-state index in [2.05, 4.69) is 39.0 Å². The third-order valence-corrected chi connectivity index (χ3v) is 6.23. The van der Waals surface area contributed by atoms with Crippen molar-refractivity contribution in [1.29, 1.82) is 5.26 Å². The van der Waals surface area contributed by atoms with E-state index in [0.29, 0.717) is 24.3 Å². The van der Waals surface area contributed by atoms with Gasteiger partial charge in [0, 0.05) is 24.2 Å². The topological polar surface area (TPSA) is 87.9 Å². The number of rotatable bonds is 3. The predicted molar refractivity (Wildman–Crippen MR) is 130 cm³/mol. The first kappa shape index (κ1) is 22.8. The summed E-state index contributed by atoms with van der Waals surface area (Å²) in [6, 6.07) is 19.6. The van der Waals surface area contributed by atoms with Crippen LogP contribution in [0, 0.1) is 11.3 Å². The van der Waals surface area contributed by atoms with E-state index in [4.69, 9.17) is 16.1 Å². The van der Waals surface area contributed by atoms with E-state index in [0.717, 1.165) is 29.8 Å². The number of likely N-dealkylation sites (tertiary alicyclic amines) is 1. The molecule has 6 nitrogen and oxygen atoms in total. The molecule has 1 amide bonds. The standard InChI is InChI=1S/C27H31N5O/c1-26(2,3)21-10-12-22(13-11-21)32-24(20-8-6-19(17-28)7-9-20)16-23(30-32)25(33)31-15-5-14-27(4,29)18-31/h6-13,16H,5,14-15,18,29H2,1-4H3/t27-/m0/s1. The van der Waals surface area contributed by atoms with Crippen molar-refractivity contribution in [3.05, 3.63) is 71.4 Å². The highest BCUT2D eigenvalue weighted by Crippen LogP contribution is 2.28. The number of aromatic nitrogens is 2. The van der Waals surface area contributed by atoms with Crippen molar-refractivity contribution in [3.63, 3.8) is 0 Å². The van der Waals surface area contributed by atoms with Crippen LogP contribution in [0.2, 0.25) is 0 Å². The molecule has 0 aliphatic carbocycles. The van der Waals surface area contributed by atoms with Gasteiger partial charge < -0.3 is 10.6 Å². The van der Waals surface area contributed by atoms with Crippen LogP contribution in [-0.4, -0.2) is 39.2 Å². The summed E-state index contributed by atoms with van der Waals surface area (Å²) in [7, 11) is 0. The molecular weight excluding hydrogens is 410 g/mol. The predicted octanol–water partition coefficient (Wildman–Crippen LogP) is 4.66. The number of nitrogens with two attached hydrogens (primary N) is 1. The minimum Gasteiger partial charge on any atom is -0.335 e. The largest absolute Gasteiger partial charge is 0.335 e. The molecule has 0 spiro atoms. The van der Waals surface area contributed by atoms with Crippen LogP contribution in [0.3, 0.4) is 0 Å². The molecule has 4 rings (SSSR count). The highest BCUT2D eigenvalue weighted by atomic mass is 16.2. The van der Waals surface area contributed by atoms with Crippen LogP contribution < -0.4 is 5.73 Å². The van der Waals surface area contributed by atoms with Gasteiger partial charge in [0.25, 0.3) is 5.91 Å². The molecule has 0 bridgehead atoms. The van der Waals surface area contributed by atoms with Crippen molar-refractivity contribution < 1.29 is 4.79 Å². The fourth-order valence-corrected chi connectivity index (χ4v) is 4.31. The third-order valence-electron chi connectivity index (χ3n) is 6.23. The van der Waals surface area contributed by atoms with E-state index >= 15 is 0 Å². The minimum absolute atomic E-state index is 0.0445. The van der Waals surface area contributed by atoms with E-state index < -0.39 is 0 Å². The van der Waals surface area contributed by atoms with Crippen LogP contribution in [0.5, 0.6) is 0 Å². The molecule has 0 unspecified atom stereocenters. The number of hydrogen-bond donors (Lipinski definition) is 1. The molecule has 1 aliphatic heterocycles. The molecule has 0 radical (unpaired) electrons. The van der Waals surface area contributed by atoms with Crippen LogP contribution >= 0.6 is 0 Å². The quantitative estimate of drug-likeness (QED) is 0.640. The highest BCUT2D eigenvalue weighted by Gasteiger charge is 2.31. The molecule has 2 aromatic carbocycles.